The highest BCUT2D eigenvalue weighted by atomic mass is 16.5. The average molecular weight is 447 g/mol. The Bertz CT molecular complexity index is 1170. The van der Waals surface area contributed by atoms with E-state index >= 15 is 0 Å². The Balaban J connectivity index is 1.67. The fourth-order valence-electron chi connectivity index (χ4n) is 3.18. The molecule has 3 rings (SSSR count). The van der Waals surface area contributed by atoms with Crippen molar-refractivity contribution in [2.45, 2.75) is 20.8 Å². The van der Waals surface area contributed by atoms with Crippen molar-refractivity contribution in [3.05, 3.63) is 89.0 Å². The van der Waals surface area contributed by atoms with Gasteiger partial charge in [-0.15, -0.1) is 0 Å². The third-order valence-corrected chi connectivity index (χ3v) is 5.05. The second-order valence-electron chi connectivity index (χ2n) is 7.31. The van der Waals surface area contributed by atoms with Crippen LogP contribution in [0.4, 0.5) is 17.1 Å². The molecule has 0 unspecified atom stereocenters. The zero-order valence-corrected chi connectivity index (χ0v) is 18.8. The Labute approximate surface area is 192 Å². The first-order valence-corrected chi connectivity index (χ1v) is 10.6. The van der Waals surface area contributed by atoms with E-state index in [1.165, 1.54) is 0 Å². The number of hydrogen-bond donors (Lipinski definition) is 2. The summed E-state index contributed by atoms with van der Waals surface area (Å²) in [6.45, 7) is 5.42. The van der Waals surface area contributed by atoms with E-state index in [0.29, 0.717) is 11.3 Å². The summed E-state index contributed by atoms with van der Waals surface area (Å²) in [5.41, 5.74) is 4.46. The minimum atomic E-state index is -0.641. The monoisotopic (exact) mass is 446 g/mol. The van der Waals surface area contributed by atoms with Crippen LogP contribution in [0.15, 0.2) is 66.7 Å². The summed E-state index contributed by atoms with van der Waals surface area (Å²) in [5.74, 6) is -1.76. The molecule has 0 atom stereocenters. The van der Waals surface area contributed by atoms with Gasteiger partial charge in [0, 0.05) is 5.69 Å². The number of rotatable bonds is 8. The van der Waals surface area contributed by atoms with Crippen molar-refractivity contribution in [3.63, 3.8) is 0 Å². The van der Waals surface area contributed by atoms with E-state index in [-0.39, 0.29) is 17.9 Å². The molecule has 0 aliphatic heterocycles. The summed E-state index contributed by atoms with van der Waals surface area (Å²) >= 11 is 0. The molecule has 0 saturated heterocycles. The molecule has 7 heteroatoms. The number of hydrogen-bond acceptors (Lipinski definition) is 6. The molecule has 3 aromatic carbocycles. The minimum absolute atomic E-state index is 0.217. The van der Waals surface area contributed by atoms with E-state index in [1.807, 2.05) is 38.1 Å². The molecule has 0 heterocycles. The Morgan fingerprint density at radius 3 is 2.00 bits per heavy atom. The van der Waals surface area contributed by atoms with Gasteiger partial charge in [0.1, 0.15) is 0 Å². The van der Waals surface area contributed by atoms with Gasteiger partial charge in [0.25, 0.3) is 5.91 Å². The Morgan fingerprint density at radius 2 is 1.30 bits per heavy atom. The first kappa shape index (κ1) is 23.5. The highest BCUT2D eigenvalue weighted by molar-refractivity contribution is 6.03. The van der Waals surface area contributed by atoms with Gasteiger partial charge in [-0.05, 0) is 62.2 Å². The van der Waals surface area contributed by atoms with Crippen LogP contribution < -0.4 is 10.6 Å². The van der Waals surface area contributed by atoms with Crippen LogP contribution in [0, 0.1) is 13.8 Å². The Hall–Kier alpha value is -4.13. The first-order chi connectivity index (χ1) is 15.9. The maximum Gasteiger partial charge on any atom is 0.340 e. The van der Waals surface area contributed by atoms with Crippen molar-refractivity contribution in [2.75, 3.05) is 23.8 Å². The summed E-state index contributed by atoms with van der Waals surface area (Å²) in [6.07, 6.45) is 0. The molecule has 0 saturated carbocycles. The molecule has 0 radical (unpaired) electrons. The maximum absolute atomic E-state index is 12.7. The summed E-state index contributed by atoms with van der Waals surface area (Å²) in [5, 5.41) is 5.86. The third-order valence-electron chi connectivity index (χ3n) is 5.05. The van der Waals surface area contributed by atoms with Gasteiger partial charge in [-0.1, -0.05) is 36.4 Å². The average Bonchev–Trinajstić information content (AvgIpc) is 2.81. The van der Waals surface area contributed by atoms with E-state index in [0.717, 1.165) is 16.8 Å². The lowest BCUT2D eigenvalue weighted by molar-refractivity contribution is -0.119. The van der Waals surface area contributed by atoms with Crippen LogP contribution in [0.2, 0.25) is 0 Å². The van der Waals surface area contributed by atoms with E-state index in [2.05, 4.69) is 10.6 Å². The van der Waals surface area contributed by atoms with E-state index in [9.17, 15) is 14.4 Å². The standard InChI is InChI=1S/C26H26N2O5/c1-4-32-25(30)20-12-6-8-14-23(20)28-24(29)16-33-26(31)19-11-5-7-13-22(19)27-21-15-9-10-17(2)18(21)3/h5-15,27H,4,16H2,1-3H3,(H,28,29). The Kier molecular flexibility index (Phi) is 7.81. The van der Waals surface area contributed by atoms with Crippen LogP contribution in [0.1, 0.15) is 38.8 Å². The molecule has 33 heavy (non-hydrogen) atoms. The number of anilines is 3. The molecule has 3 aromatic rings. The van der Waals surface area contributed by atoms with Gasteiger partial charge in [0.15, 0.2) is 6.61 Å². The number of benzene rings is 3. The molecule has 2 N–H and O–H groups in total. The summed E-state index contributed by atoms with van der Waals surface area (Å²) in [4.78, 5) is 37.2. The van der Waals surface area contributed by atoms with Crippen LogP contribution in [-0.4, -0.2) is 31.1 Å². The fraction of sp³-hybridized carbons (Fsp3) is 0.192. The van der Waals surface area contributed by atoms with Gasteiger partial charge < -0.3 is 20.1 Å². The van der Waals surface area contributed by atoms with Gasteiger partial charge >= 0.3 is 11.9 Å². The molecule has 170 valence electrons. The molecule has 0 aliphatic rings. The quantitative estimate of drug-likeness (QED) is 0.472. The van der Waals surface area contributed by atoms with Gasteiger partial charge in [-0.2, -0.15) is 0 Å². The van der Waals surface area contributed by atoms with E-state index < -0.39 is 24.5 Å². The minimum Gasteiger partial charge on any atom is -0.462 e. The number of ether oxygens (including phenoxy) is 2. The van der Waals surface area contributed by atoms with E-state index in [4.69, 9.17) is 9.47 Å². The van der Waals surface area contributed by atoms with Crippen LogP contribution in [0.25, 0.3) is 0 Å². The number of carbonyl (C=O) groups is 3. The number of amides is 1. The summed E-state index contributed by atoms with van der Waals surface area (Å²) < 4.78 is 10.2. The number of nitrogens with one attached hydrogen (secondary N) is 2. The van der Waals surface area contributed by atoms with E-state index in [1.54, 1.807) is 49.4 Å². The maximum atomic E-state index is 12.7. The van der Waals surface area contributed by atoms with Crippen molar-refractivity contribution in [1.29, 1.82) is 0 Å². The molecule has 0 spiro atoms. The van der Waals surface area contributed by atoms with Gasteiger partial charge in [-0.25, -0.2) is 9.59 Å². The third kappa shape index (κ3) is 5.98. The molecular weight excluding hydrogens is 420 g/mol. The van der Waals surface area contributed by atoms with Gasteiger partial charge in [0.2, 0.25) is 0 Å². The largest absolute Gasteiger partial charge is 0.462 e. The predicted molar refractivity (Wildman–Crippen MR) is 127 cm³/mol. The molecule has 0 fully saturated rings. The lowest BCUT2D eigenvalue weighted by Gasteiger charge is -2.15. The molecule has 7 nitrogen and oxygen atoms in total. The highest BCUT2D eigenvalue weighted by Crippen LogP contribution is 2.25. The smallest absolute Gasteiger partial charge is 0.340 e. The molecular formula is C26H26N2O5. The zero-order chi connectivity index (χ0) is 23.8. The zero-order valence-electron chi connectivity index (χ0n) is 18.8. The van der Waals surface area contributed by atoms with Crippen molar-refractivity contribution in [1.82, 2.24) is 0 Å². The van der Waals surface area contributed by atoms with Crippen molar-refractivity contribution < 1.29 is 23.9 Å². The lowest BCUT2D eigenvalue weighted by atomic mass is 10.1. The topological polar surface area (TPSA) is 93.7 Å². The van der Waals surface area contributed by atoms with Crippen LogP contribution in [-0.2, 0) is 14.3 Å². The van der Waals surface area contributed by atoms with Crippen molar-refractivity contribution >= 4 is 34.9 Å². The molecule has 0 bridgehead atoms. The first-order valence-electron chi connectivity index (χ1n) is 10.6. The Morgan fingerprint density at radius 1 is 0.727 bits per heavy atom. The van der Waals surface area contributed by atoms with Crippen molar-refractivity contribution in [3.8, 4) is 0 Å². The number of aryl methyl sites for hydroxylation is 1. The summed E-state index contributed by atoms with van der Waals surface area (Å²) in [6, 6.07) is 19.3. The van der Waals surface area contributed by atoms with Crippen LogP contribution in [0.5, 0.6) is 0 Å². The number of para-hydroxylation sites is 2. The fourth-order valence-corrected chi connectivity index (χ4v) is 3.18. The number of carbonyl (C=O) groups excluding carboxylic acids is 3. The van der Waals surface area contributed by atoms with Crippen LogP contribution >= 0.6 is 0 Å². The highest BCUT2D eigenvalue weighted by Gasteiger charge is 2.17. The SMILES string of the molecule is CCOC(=O)c1ccccc1NC(=O)COC(=O)c1ccccc1Nc1cccc(C)c1C. The normalized spacial score (nSPS) is 10.3. The van der Waals surface area contributed by atoms with Gasteiger partial charge in [-0.3, -0.25) is 4.79 Å². The van der Waals surface area contributed by atoms with Gasteiger partial charge in [0.05, 0.1) is 29.1 Å². The molecule has 0 aliphatic carbocycles. The van der Waals surface area contributed by atoms with Crippen LogP contribution in [0.3, 0.4) is 0 Å². The molecule has 0 aromatic heterocycles. The summed E-state index contributed by atoms with van der Waals surface area (Å²) in [7, 11) is 0. The second-order valence-corrected chi connectivity index (χ2v) is 7.31. The predicted octanol–water partition coefficient (Wildman–Crippen LogP) is 5.02. The molecule has 1 amide bonds. The van der Waals surface area contributed by atoms with Crippen molar-refractivity contribution in [2.24, 2.45) is 0 Å². The number of esters is 2. The lowest BCUT2D eigenvalue weighted by Crippen LogP contribution is -2.22. The second kappa shape index (κ2) is 10.9.